The molecule has 25 heavy (non-hydrogen) atoms. The summed E-state index contributed by atoms with van der Waals surface area (Å²) >= 11 is 0. The van der Waals surface area contributed by atoms with Crippen LogP contribution in [-0.4, -0.2) is 29.7 Å². The van der Waals surface area contributed by atoms with Crippen molar-refractivity contribution >= 4 is 15.9 Å². The maximum absolute atomic E-state index is 12.8. The number of ketones is 1. The largest absolute Gasteiger partial charge is 0.359 e. The first kappa shape index (κ1) is 17.1. The predicted octanol–water partition coefficient (Wildman–Crippen LogP) is 3.07. The van der Waals surface area contributed by atoms with Crippen molar-refractivity contribution in [1.82, 2.24) is 4.90 Å². The highest BCUT2D eigenvalue weighted by atomic mass is 32.2. The van der Waals surface area contributed by atoms with Gasteiger partial charge in [-0.1, -0.05) is 60.7 Å². The van der Waals surface area contributed by atoms with Gasteiger partial charge in [0.05, 0.1) is 4.90 Å². The van der Waals surface area contributed by atoms with Crippen LogP contribution in [0.1, 0.15) is 15.9 Å². The molecule has 0 aromatic heterocycles. The van der Waals surface area contributed by atoms with Crippen LogP contribution in [0.25, 0.3) is 0 Å². The van der Waals surface area contributed by atoms with Crippen molar-refractivity contribution in [2.45, 2.75) is 17.5 Å². The number of hydrogen-bond donors (Lipinski definition) is 1. The van der Waals surface area contributed by atoms with Crippen LogP contribution in [0.3, 0.4) is 0 Å². The normalized spacial score (nSPS) is 16.8. The molecule has 1 aliphatic heterocycles. The van der Waals surface area contributed by atoms with Crippen LogP contribution < -0.4 is 0 Å². The lowest BCUT2D eigenvalue weighted by Gasteiger charge is -2.30. The second-order valence-corrected chi connectivity index (χ2v) is 7.05. The number of rotatable bonds is 5. The average Bonchev–Trinajstić information content (AvgIpc) is 2.62. The number of nitrogens with zero attached hydrogens (tertiary/aromatic N) is 1. The summed E-state index contributed by atoms with van der Waals surface area (Å²) in [5.74, 6) is -0.0782. The molecule has 1 heterocycles. The maximum atomic E-state index is 12.8. The molecular formula is C19H17NO4S. The van der Waals surface area contributed by atoms with Crippen LogP contribution in [-0.2, 0) is 16.7 Å². The molecule has 0 aliphatic carbocycles. The SMILES string of the molecule is O=C(c1ccccc1)C1C=CC=CN1Cc1ccccc1S(=O)(=O)O. The van der Waals surface area contributed by atoms with Gasteiger partial charge in [0.2, 0.25) is 0 Å². The van der Waals surface area contributed by atoms with Crippen molar-refractivity contribution < 1.29 is 17.8 Å². The quantitative estimate of drug-likeness (QED) is 0.659. The van der Waals surface area contributed by atoms with Gasteiger partial charge in [-0.25, -0.2) is 0 Å². The Kier molecular flexibility index (Phi) is 4.83. The minimum absolute atomic E-state index is 0.0782. The molecule has 5 nitrogen and oxygen atoms in total. The predicted molar refractivity (Wildman–Crippen MR) is 94.6 cm³/mol. The molecule has 6 heteroatoms. The van der Waals surface area contributed by atoms with Gasteiger partial charge < -0.3 is 4.90 Å². The molecule has 0 amide bonds. The van der Waals surface area contributed by atoms with E-state index in [4.69, 9.17) is 0 Å². The van der Waals surface area contributed by atoms with E-state index in [1.165, 1.54) is 6.07 Å². The Labute approximate surface area is 146 Å². The molecule has 0 saturated carbocycles. The summed E-state index contributed by atoms with van der Waals surface area (Å²) in [7, 11) is -4.33. The first-order valence-electron chi connectivity index (χ1n) is 7.72. The molecule has 3 rings (SSSR count). The molecule has 0 fully saturated rings. The zero-order valence-electron chi connectivity index (χ0n) is 13.3. The molecule has 0 radical (unpaired) electrons. The van der Waals surface area contributed by atoms with E-state index in [1.54, 1.807) is 71.8 Å². The molecule has 0 spiro atoms. The van der Waals surface area contributed by atoms with Gasteiger partial charge >= 0.3 is 0 Å². The molecule has 1 unspecified atom stereocenters. The van der Waals surface area contributed by atoms with Gasteiger partial charge in [0, 0.05) is 18.3 Å². The molecule has 1 atom stereocenters. The van der Waals surface area contributed by atoms with E-state index in [1.807, 2.05) is 6.07 Å². The number of carbonyl (C=O) groups is 1. The minimum Gasteiger partial charge on any atom is -0.359 e. The van der Waals surface area contributed by atoms with Crippen LogP contribution in [0.4, 0.5) is 0 Å². The van der Waals surface area contributed by atoms with Crippen molar-refractivity contribution in [2.75, 3.05) is 0 Å². The molecular weight excluding hydrogens is 338 g/mol. The lowest BCUT2D eigenvalue weighted by molar-refractivity contribution is 0.0902. The van der Waals surface area contributed by atoms with Gasteiger partial charge in [-0.15, -0.1) is 0 Å². The third kappa shape index (κ3) is 3.87. The summed E-state index contributed by atoms with van der Waals surface area (Å²) in [6.07, 6.45) is 7.08. The smallest absolute Gasteiger partial charge is 0.294 e. The Balaban J connectivity index is 1.90. The molecule has 2 aromatic carbocycles. The first-order valence-corrected chi connectivity index (χ1v) is 9.16. The zero-order chi connectivity index (χ0) is 17.9. The summed E-state index contributed by atoms with van der Waals surface area (Å²) in [6, 6.07) is 14.6. The zero-order valence-corrected chi connectivity index (χ0v) is 14.1. The second-order valence-electron chi connectivity index (χ2n) is 5.66. The molecule has 1 N–H and O–H groups in total. The molecule has 0 bridgehead atoms. The fourth-order valence-corrected chi connectivity index (χ4v) is 3.49. The van der Waals surface area contributed by atoms with E-state index in [0.717, 1.165) is 0 Å². The lowest BCUT2D eigenvalue weighted by atomic mass is 10.0. The Morgan fingerprint density at radius 2 is 1.68 bits per heavy atom. The lowest BCUT2D eigenvalue weighted by Crippen LogP contribution is -2.37. The van der Waals surface area contributed by atoms with Crippen molar-refractivity contribution in [1.29, 1.82) is 0 Å². The third-order valence-electron chi connectivity index (χ3n) is 3.97. The van der Waals surface area contributed by atoms with Crippen LogP contribution in [0.5, 0.6) is 0 Å². The van der Waals surface area contributed by atoms with E-state index in [2.05, 4.69) is 0 Å². The Morgan fingerprint density at radius 3 is 2.40 bits per heavy atom. The second kappa shape index (κ2) is 7.04. The number of benzene rings is 2. The van der Waals surface area contributed by atoms with Crippen LogP contribution in [0.2, 0.25) is 0 Å². The van der Waals surface area contributed by atoms with E-state index in [-0.39, 0.29) is 17.2 Å². The number of carbonyl (C=O) groups excluding carboxylic acids is 1. The first-order chi connectivity index (χ1) is 12.0. The summed E-state index contributed by atoms with van der Waals surface area (Å²) in [6.45, 7) is 0.181. The molecule has 0 saturated heterocycles. The van der Waals surface area contributed by atoms with Crippen molar-refractivity contribution in [2.24, 2.45) is 0 Å². The van der Waals surface area contributed by atoms with Crippen molar-refractivity contribution in [3.63, 3.8) is 0 Å². The van der Waals surface area contributed by atoms with Crippen LogP contribution >= 0.6 is 0 Å². The standard InChI is InChI=1S/C19H17NO4S/c21-19(15-8-2-1-3-9-15)17-11-6-7-13-20(17)14-16-10-4-5-12-18(16)25(22,23)24/h1-13,17H,14H2,(H,22,23,24). The van der Waals surface area contributed by atoms with E-state index in [9.17, 15) is 17.8 Å². The topological polar surface area (TPSA) is 74.7 Å². The van der Waals surface area contributed by atoms with E-state index < -0.39 is 16.2 Å². The van der Waals surface area contributed by atoms with Crippen LogP contribution in [0.15, 0.2) is 83.9 Å². The fourth-order valence-electron chi connectivity index (χ4n) is 2.78. The Morgan fingerprint density at radius 1 is 1.00 bits per heavy atom. The van der Waals surface area contributed by atoms with Gasteiger partial charge in [0.15, 0.2) is 5.78 Å². The summed E-state index contributed by atoms with van der Waals surface area (Å²) in [4.78, 5) is 14.4. The van der Waals surface area contributed by atoms with E-state index in [0.29, 0.717) is 11.1 Å². The maximum Gasteiger partial charge on any atom is 0.294 e. The number of hydrogen-bond acceptors (Lipinski definition) is 4. The van der Waals surface area contributed by atoms with Crippen molar-refractivity contribution in [3.8, 4) is 0 Å². The van der Waals surface area contributed by atoms with E-state index >= 15 is 0 Å². The minimum atomic E-state index is -4.33. The Hall–Kier alpha value is -2.70. The van der Waals surface area contributed by atoms with Gasteiger partial charge in [-0.05, 0) is 17.7 Å². The van der Waals surface area contributed by atoms with Gasteiger partial charge in [-0.2, -0.15) is 8.42 Å². The highest BCUT2D eigenvalue weighted by Crippen LogP contribution is 2.22. The van der Waals surface area contributed by atoms with Crippen molar-refractivity contribution in [3.05, 3.63) is 90.2 Å². The summed E-state index contributed by atoms with van der Waals surface area (Å²) in [5.41, 5.74) is 1.01. The van der Waals surface area contributed by atoms with Gasteiger partial charge in [-0.3, -0.25) is 9.35 Å². The average molecular weight is 355 g/mol. The summed E-state index contributed by atoms with van der Waals surface area (Å²) < 4.78 is 32.5. The van der Waals surface area contributed by atoms with Gasteiger partial charge in [0.1, 0.15) is 6.04 Å². The third-order valence-corrected chi connectivity index (χ3v) is 4.92. The van der Waals surface area contributed by atoms with Gasteiger partial charge in [0.25, 0.3) is 10.1 Å². The Bertz CT molecular complexity index is 933. The highest BCUT2D eigenvalue weighted by molar-refractivity contribution is 7.85. The monoisotopic (exact) mass is 355 g/mol. The number of allylic oxidation sites excluding steroid dienone is 2. The molecule has 1 aliphatic rings. The summed E-state index contributed by atoms with van der Waals surface area (Å²) in [5, 5.41) is 0. The number of Topliss-reactive ketones (excluding diaryl/α,β-unsaturated/α-hetero) is 1. The fraction of sp³-hybridized carbons (Fsp3) is 0.105. The molecule has 2 aromatic rings. The van der Waals surface area contributed by atoms with Crippen LogP contribution in [0, 0.1) is 0 Å². The highest BCUT2D eigenvalue weighted by Gasteiger charge is 2.25. The molecule has 128 valence electrons.